The molecule has 182 valence electrons. The molecule has 2 N–H and O–H groups in total. The fourth-order valence-corrected chi connectivity index (χ4v) is 5.96. The van der Waals surface area contributed by atoms with Crippen LogP contribution in [0.1, 0.15) is 66.0 Å². The molecular formula is C26H31F2N3O2S. The van der Waals surface area contributed by atoms with E-state index in [1.807, 2.05) is 50.4 Å². The molecule has 1 atom stereocenters. The number of aryl methyl sites for hydroxylation is 1. The second-order valence-electron chi connectivity index (χ2n) is 9.29. The number of fused-ring (bicyclic) bond motifs is 1. The number of amides is 1. The number of carbonyl (C=O) groups excluding carboxylic acids is 1. The van der Waals surface area contributed by atoms with E-state index in [2.05, 4.69) is 21.8 Å². The van der Waals surface area contributed by atoms with Gasteiger partial charge in [0.15, 0.2) is 0 Å². The van der Waals surface area contributed by atoms with E-state index in [1.165, 1.54) is 11.8 Å². The number of aromatic amines is 1. The highest BCUT2D eigenvalue weighted by Crippen LogP contribution is 2.42. The summed E-state index contributed by atoms with van der Waals surface area (Å²) in [5, 5.41) is 3.77. The highest BCUT2D eigenvalue weighted by Gasteiger charge is 2.37. The Labute approximate surface area is 202 Å². The molecule has 1 aliphatic carbocycles. The number of thioether (sulfide) groups is 1. The minimum Gasteiger partial charge on any atom is -0.348 e. The molecule has 1 aromatic carbocycles. The topological polar surface area (TPSA) is 66.9 Å². The molecule has 1 amide bonds. The van der Waals surface area contributed by atoms with Crippen LogP contribution in [0.3, 0.4) is 0 Å². The van der Waals surface area contributed by atoms with Crippen LogP contribution < -0.4 is 10.9 Å². The third-order valence-corrected chi connectivity index (χ3v) is 7.91. The summed E-state index contributed by atoms with van der Waals surface area (Å²) < 4.78 is 29.6. The van der Waals surface area contributed by atoms with Crippen LogP contribution in [-0.2, 0) is 6.54 Å². The zero-order chi connectivity index (χ0) is 24.6. The van der Waals surface area contributed by atoms with Gasteiger partial charge in [0, 0.05) is 58.2 Å². The average Bonchev–Trinajstić information content (AvgIpc) is 3.09. The number of pyridine rings is 1. The van der Waals surface area contributed by atoms with Gasteiger partial charge in [-0.05, 0) is 57.9 Å². The second-order valence-corrected chi connectivity index (χ2v) is 10.1. The Kier molecular flexibility index (Phi) is 6.90. The van der Waals surface area contributed by atoms with Gasteiger partial charge in [-0.1, -0.05) is 18.2 Å². The van der Waals surface area contributed by atoms with Crippen molar-refractivity contribution < 1.29 is 13.6 Å². The molecule has 1 aliphatic rings. The number of nitrogens with zero attached hydrogens (tertiary/aromatic N) is 1. The van der Waals surface area contributed by atoms with Crippen LogP contribution >= 0.6 is 11.8 Å². The van der Waals surface area contributed by atoms with Crippen LogP contribution in [0.15, 0.2) is 40.0 Å². The molecule has 1 fully saturated rings. The quantitative estimate of drug-likeness (QED) is 0.420. The molecule has 0 saturated heterocycles. The molecule has 3 aromatic rings. The maximum Gasteiger partial charge on any atom is 0.254 e. The maximum absolute atomic E-state index is 13.7. The molecule has 34 heavy (non-hydrogen) atoms. The maximum atomic E-state index is 13.7. The average molecular weight is 488 g/mol. The number of benzene rings is 1. The number of nitrogens with one attached hydrogen (secondary N) is 2. The van der Waals surface area contributed by atoms with Gasteiger partial charge < -0.3 is 14.9 Å². The van der Waals surface area contributed by atoms with Crippen molar-refractivity contribution in [2.45, 2.75) is 69.9 Å². The van der Waals surface area contributed by atoms with Crippen molar-refractivity contribution in [3.05, 3.63) is 63.2 Å². The Bertz CT molecular complexity index is 1270. The van der Waals surface area contributed by atoms with Crippen molar-refractivity contribution in [3.63, 3.8) is 0 Å². The third kappa shape index (κ3) is 4.65. The lowest BCUT2D eigenvalue weighted by molar-refractivity contribution is -0.0504. The molecule has 5 nitrogen and oxygen atoms in total. The molecular weight excluding hydrogens is 456 g/mol. The van der Waals surface area contributed by atoms with Crippen molar-refractivity contribution in [1.29, 1.82) is 0 Å². The lowest BCUT2D eigenvalue weighted by Gasteiger charge is -2.33. The fraction of sp³-hybridized carbons (Fsp3) is 0.462. The van der Waals surface area contributed by atoms with Gasteiger partial charge >= 0.3 is 0 Å². The fourth-order valence-electron chi connectivity index (χ4n) is 5.25. The van der Waals surface area contributed by atoms with Crippen LogP contribution in [0.5, 0.6) is 0 Å². The Morgan fingerprint density at radius 2 is 1.94 bits per heavy atom. The van der Waals surface area contributed by atoms with Crippen molar-refractivity contribution in [2.75, 3.05) is 6.26 Å². The second kappa shape index (κ2) is 9.56. The highest BCUT2D eigenvalue weighted by molar-refractivity contribution is 7.98. The van der Waals surface area contributed by atoms with E-state index in [4.69, 9.17) is 0 Å². The molecule has 0 spiro atoms. The highest BCUT2D eigenvalue weighted by atomic mass is 32.2. The first-order valence-electron chi connectivity index (χ1n) is 11.7. The van der Waals surface area contributed by atoms with Gasteiger partial charge in [0.2, 0.25) is 5.92 Å². The van der Waals surface area contributed by atoms with E-state index in [9.17, 15) is 18.4 Å². The van der Waals surface area contributed by atoms with Crippen LogP contribution in [0.4, 0.5) is 8.78 Å². The summed E-state index contributed by atoms with van der Waals surface area (Å²) in [6.45, 7) is 5.92. The predicted molar refractivity (Wildman–Crippen MR) is 133 cm³/mol. The standard InChI is InChI=1S/C26H31F2N3O2S/c1-15-13-22(34-4)20(24(32)30-15)14-29-25(33)23-17(3)31(21-8-6-5-7-19(21)23)16(2)18-9-11-26(27,28)12-10-18/h5-8,13,16,18H,9-12,14H2,1-4H3,(H,29,33)(H,30,32)/t16-/m1/s1. The molecule has 2 heterocycles. The van der Waals surface area contributed by atoms with E-state index < -0.39 is 5.92 Å². The summed E-state index contributed by atoms with van der Waals surface area (Å²) >= 11 is 1.47. The zero-order valence-corrected chi connectivity index (χ0v) is 20.8. The number of para-hydroxylation sites is 1. The van der Waals surface area contributed by atoms with Gasteiger partial charge in [-0.3, -0.25) is 9.59 Å². The minimum atomic E-state index is -2.57. The number of rotatable bonds is 6. The first kappa shape index (κ1) is 24.5. The number of alkyl halides is 2. The summed E-state index contributed by atoms with van der Waals surface area (Å²) in [7, 11) is 0. The lowest BCUT2D eigenvalue weighted by Crippen LogP contribution is -2.30. The molecule has 0 radical (unpaired) electrons. The number of halogens is 2. The van der Waals surface area contributed by atoms with Crippen molar-refractivity contribution in [1.82, 2.24) is 14.9 Å². The van der Waals surface area contributed by atoms with E-state index in [1.54, 1.807) is 0 Å². The number of H-pyrrole nitrogens is 1. The van der Waals surface area contributed by atoms with Crippen LogP contribution in [-0.4, -0.2) is 27.6 Å². The molecule has 0 bridgehead atoms. The van der Waals surface area contributed by atoms with Crippen LogP contribution in [0, 0.1) is 19.8 Å². The molecule has 8 heteroatoms. The first-order valence-corrected chi connectivity index (χ1v) is 12.9. The van der Waals surface area contributed by atoms with Gasteiger partial charge in [-0.25, -0.2) is 8.78 Å². The van der Waals surface area contributed by atoms with E-state index in [0.717, 1.165) is 27.2 Å². The smallest absolute Gasteiger partial charge is 0.254 e. The van der Waals surface area contributed by atoms with Crippen molar-refractivity contribution in [2.24, 2.45) is 5.92 Å². The number of carbonyl (C=O) groups is 1. The molecule has 2 aromatic heterocycles. The van der Waals surface area contributed by atoms with Gasteiger partial charge in [-0.2, -0.15) is 0 Å². The number of aromatic nitrogens is 2. The third-order valence-electron chi connectivity index (χ3n) is 7.11. The van der Waals surface area contributed by atoms with Crippen molar-refractivity contribution >= 4 is 28.6 Å². The van der Waals surface area contributed by atoms with Crippen LogP contribution in [0.2, 0.25) is 0 Å². The van der Waals surface area contributed by atoms with Gasteiger partial charge in [0.1, 0.15) is 0 Å². The number of hydrogen-bond donors (Lipinski definition) is 2. The largest absolute Gasteiger partial charge is 0.348 e. The first-order chi connectivity index (χ1) is 16.1. The zero-order valence-electron chi connectivity index (χ0n) is 20.0. The normalized spacial score (nSPS) is 17.1. The Morgan fingerprint density at radius 1 is 1.26 bits per heavy atom. The van der Waals surface area contributed by atoms with Gasteiger partial charge in [0.25, 0.3) is 11.5 Å². The minimum absolute atomic E-state index is 0.00872. The molecule has 1 saturated carbocycles. The Balaban J connectivity index is 1.65. The summed E-state index contributed by atoms with van der Waals surface area (Å²) in [4.78, 5) is 29.5. The summed E-state index contributed by atoms with van der Waals surface area (Å²) in [6, 6.07) is 9.61. The lowest BCUT2D eigenvalue weighted by atomic mass is 9.82. The monoisotopic (exact) mass is 487 g/mol. The Morgan fingerprint density at radius 3 is 2.62 bits per heavy atom. The summed E-state index contributed by atoms with van der Waals surface area (Å²) in [5.74, 6) is -2.69. The van der Waals surface area contributed by atoms with Gasteiger partial charge in [-0.15, -0.1) is 11.8 Å². The predicted octanol–water partition coefficient (Wildman–Crippen LogP) is 5.98. The van der Waals surface area contributed by atoms with E-state index in [0.29, 0.717) is 24.0 Å². The molecule has 4 rings (SSSR count). The molecule has 0 unspecified atom stereocenters. The van der Waals surface area contributed by atoms with E-state index in [-0.39, 0.29) is 42.8 Å². The van der Waals surface area contributed by atoms with Crippen LogP contribution in [0.25, 0.3) is 10.9 Å². The summed E-state index contributed by atoms with van der Waals surface area (Å²) in [5.41, 5.74) is 3.41. The molecule has 0 aliphatic heterocycles. The van der Waals surface area contributed by atoms with Crippen molar-refractivity contribution in [3.8, 4) is 0 Å². The summed E-state index contributed by atoms with van der Waals surface area (Å²) in [6.07, 6.45) is 2.66. The number of hydrogen-bond acceptors (Lipinski definition) is 3. The van der Waals surface area contributed by atoms with E-state index >= 15 is 0 Å². The van der Waals surface area contributed by atoms with Gasteiger partial charge in [0.05, 0.1) is 5.56 Å². The Hall–Kier alpha value is -2.61. The SMILES string of the molecule is CSc1cc(C)[nH]c(=O)c1CNC(=O)c1c(C)n([C@H](C)C2CCC(F)(F)CC2)c2ccccc12.